The molecular weight excluding hydrogens is 215 g/mol. The topological polar surface area (TPSA) is 20.2 Å². The molecule has 0 spiro atoms. The Labute approximate surface area is 101 Å². The summed E-state index contributed by atoms with van der Waals surface area (Å²) in [6.07, 6.45) is 7.24. The summed E-state index contributed by atoms with van der Waals surface area (Å²) in [5.41, 5.74) is 2.79. The van der Waals surface area contributed by atoms with Crippen LogP contribution >= 0.6 is 8.81 Å². The Kier molecular flexibility index (Phi) is 6.68. The highest BCUT2D eigenvalue weighted by atomic mass is 31.1. The second-order valence-corrected chi connectivity index (χ2v) is 5.16. The monoisotopic (exact) mass is 238 g/mol. The van der Waals surface area contributed by atoms with Crippen LogP contribution in [0, 0.1) is 0 Å². The van der Waals surface area contributed by atoms with Crippen molar-refractivity contribution in [1.82, 2.24) is 0 Å². The van der Waals surface area contributed by atoms with Gasteiger partial charge in [-0.25, -0.2) is 0 Å². The van der Waals surface area contributed by atoms with Crippen LogP contribution in [0.4, 0.5) is 0 Å². The van der Waals surface area contributed by atoms with E-state index >= 15 is 0 Å². The van der Waals surface area contributed by atoms with Crippen molar-refractivity contribution >= 4 is 14.1 Å². The number of hydrogen-bond donors (Lipinski definition) is 1. The van der Waals surface area contributed by atoms with Crippen LogP contribution in [0.25, 0.3) is 0 Å². The van der Waals surface area contributed by atoms with Crippen molar-refractivity contribution in [2.45, 2.75) is 52.4 Å². The first-order valence-electron chi connectivity index (χ1n) is 6.33. The molecule has 0 saturated carbocycles. The molecule has 2 heteroatoms. The molecule has 0 radical (unpaired) electrons. The molecule has 0 aliphatic carbocycles. The fraction of sp³-hybridized carbons (Fsp3) is 0.571. The van der Waals surface area contributed by atoms with Gasteiger partial charge in [-0.05, 0) is 54.2 Å². The second kappa shape index (κ2) is 7.81. The molecule has 0 heterocycles. The smallest absolute Gasteiger partial charge is 0.0420 e. The van der Waals surface area contributed by atoms with E-state index in [1.807, 2.05) is 0 Å². The summed E-state index contributed by atoms with van der Waals surface area (Å²) in [7, 11) is -0.0670. The molecule has 0 amide bonds. The third-order valence-electron chi connectivity index (χ3n) is 2.82. The van der Waals surface area contributed by atoms with E-state index in [-0.39, 0.29) is 8.81 Å². The van der Waals surface area contributed by atoms with Crippen LogP contribution in [0.3, 0.4) is 0 Å². The summed E-state index contributed by atoms with van der Waals surface area (Å²) >= 11 is 0. The molecule has 0 aliphatic heterocycles. The van der Waals surface area contributed by atoms with E-state index in [4.69, 9.17) is 0 Å². The molecule has 1 aromatic carbocycles. The molecule has 0 saturated heterocycles. The van der Waals surface area contributed by atoms with Gasteiger partial charge in [0.05, 0.1) is 0 Å². The van der Waals surface area contributed by atoms with Crippen LogP contribution in [0.5, 0.6) is 0 Å². The summed E-state index contributed by atoms with van der Waals surface area (Å²) < 4.78 is 0. The van der Waals surface area contributed by atoms with E-state index in [0.717, 1.165) is 18.1 Å². The van der Waals surface area contributed by atoms with Gasteiger partial charge in [-0.1, -0.05) is 32.8 Å². The van der Waals surface area contributed by atoms with Crippen molar-refractivity contribution in [3.05, 3.63) is 29.3 Å². The van der Waals surface area contributed by atoms with Crippen molar-refractivity contribution in [3.63, 3.8) is 0 Å². The summed E-state index contributed by atoms with van der Waals surface area (Å²) in [4.78, 5) is 9.27. The largest absolute Gasteiger partial charge is 0.372 e. The fourth-order valence-corrected chi connectivity index (χ4v) is 2.38. The lowest BCUT2D eigenvalue weighted by atomic mass is 10.0. The maximum absolute atomic E-state index is 9.27. The molecule has 0 aromatic heterocycles. The Balaban J connectivity index is 2.74. The molecule has 0 fully saturated rings. The van der Waals surface area contributed by atoms with Crippen molar-refractivity contribution in [2.75, 3.05) is 0 Å². The first-order chi connectivity index (χ1) is 7.80. The quantitative estimate of drug-likeness (QED) is 0.720. The minimum Gasteiger partial charge on any atom is -0.372 e. The van der Waals surface area contributed by atoms with Gasteiger partial charge in [0, 0.05) is 8.81 Å². The molecule has 1 nitrogen and oxygen atoms in total. The van der Waals surface area contributed by atoms with E-state index in [9.17, 15) is 4.89 Å². The summed E-state index contributed by atoms with van der Waals surface area (Å²) in [5.74, 6) is 0. The Bertz CT molecular complexity index is 283. The van der Waals surface area contributed by atoms with E-state index in [1.54, 1.807) is 0 Å². The minimum atomic E-state index is -0.0670. The number of unbranched alkanes of at least 4 members (excludes halogenated alkanes) is 2. The van der Waals surface area contributed by atoms with Crippen LogP contribution in [-0.4, -0.2) is 4.89 Å². The van der Waals surface area contributed by atoms with Crippen LogP contribution in [0.1, 0.15) is 50.7 Å². The lowest BCUT2D eigenvalue weighted by Gasteiger charge is -2.08. The predicted molar refractivity (Wildman–Crippen MR) is 73.8 cm³/mol. The van der Waals surface area contributed by atoms with Gasteiger partial charge in [0.25, 0.3) is 0 Å². The first kappa shape index (κ1) is 13.7. The minimum absolute atomic E-state index is 0.0670. The highest BCUT2D eigenvalue weighted by Crippen LogP contribution is 2.14. The van der Waals surface area contributed by atoms with Gasteiger partial charge < -0.3 is 4.89 Å². The molecular formula is C14H23OP. The maximum atomic E-state index is 9.27. The third kappa shape index (κ3) is 4.63. The zero-order valence-electron chi connectivity index (χ0n) is 10.4. The number of benzene rings is 1. The predicted octanol–water partition coefficient (Wildman–Crippen LogP) is 3.58. The van der Waals surface area contributed by atoms with E-state index < -0.39 is 0 Å². The zero-order chi connectivity index (χ0) is 11.8. The molecule has 1 aromatic rings. The second-order valence-electron chi connectivity index (χ2n) is 4.36. The van der Waals surface area contributed by atoms with Crippen LogP contribution in [0.2, 0.25) is 0 Å². The molecule has 1 unspecified atom stereocenters. The van der Waals surface area contributed by atoms with Gasteiger partial charge in [0.15, 0.2) is 0 Å². The van der Waals surface area contributed by atoms with Gasteiger partial charge >= 0.3 is 0 Å². The van der Waals surface area contributed by atoms with Gasteiger partial charge in [-0.3, -0.25) is 0 Å². The van der Waals surface area contributed by atoms with Gasteiger partial charge in [-0.2, -0.15) is 0 Å². The maximum Gasteiger partial charge on any atom is 0.0420 e. The summed E-state index contributed by atoms with van der Waals surface area (Å²) in [5, 5.41) is 1.10. The van der Waals surface area contributed by atoms with E-state index in [2.05, 4.69) is 32.0 Å². The van der Waals surface area contributed by atoms with Gasteiger partial charge in [-0.15, -0.1) is 0 Å². The van der Waals surface area contributed by atoms with E-state index in [1.165, 1.54) is 36.8 Å². The number of hydrogen-bond acceptors (Lipinski definition) is 1. The molecule has 0 bridgehead atoms. The average molecular weight is 238 g/mol. The standard InChI is InChI=1S/C14H23OP/c1-3-5-7-12-9-13(8-6-4-2)11-14(10-12)16-15/h9-11,15-16H,3-8H2,1-2H3. The van der Waals surface area contributed by atoms with Crippen molar-refractivity contribution in [3.8, 4) is 0 Å². The number of aryl methyl sites for hydroxylation is 2. The van der Waals surface area contributed by atoms with E-state index in [0.29, 0.717) is 0 Å². The lowest BCUT2D eigenvalue weighted by molar-refractivity contribution is 0.655. The average Bonchev–Trinajstić information content (AvgIpc) is 2.33. The Hall–Kier alpha value is -0.390. The third-order valence-corrected chi connectivity index (χ3v) is 3.37. The molecule has 0 aliphatic rings. The normalized spacial score (nSPS) is 11.4. The Morgan fingerprint density at radius 3 is 1.81 bits per heavy atom. The lowest BCUT2D eigenvalue weighted by Crippen LogP contribution is -2.01. The summed E-state index contributed by atoms with van der Waals surface area (Å²) in [6.45, 7) is 4.44. The Morgan fingerprint density at radius 1 is 0.938 bits per heavy atom. The van der Waals surface area contributed by atoms with Crippen molar-refractivity contribution < 1.29 is 4.89 Å². The summed E-state index contributed by atoms with van der Waals surface area (Å²) in [6, 6.07) is 6.63. The molecule has 1 atom stereocenters. The van der Waals surface area contributed by atoms with Crippen LogP contribution < -0.4 is 5.30 Å². The van der Waals surface area contributed by atoms with Crippen LogP contribution in [0.15, 0.2) is 18.2 Å². The van der Waals surface area contributed by atoms with Crippen molar-refractivity contribution in [1.29, 1.82) is 0 Å². The molecule has 90 valence electrons. The molecule has 1 N–H and O–H groups in total. The SMILES string of the molecule is CCCCc1cc(CCCC)cc(PO)c1. The Morgan fingerprint density at radius 2 is 1.44 bits per heavy atom. The van der Waals surface area contributed by atoms with Gasteiger partial charge in [0.2, 0.25) is 0 Å². The van der Waals surface area contributed by atoms with Crippen molar-refractivity contribution in [2.24, 2.45) is 0 Å². The zero-order valence-corrected chi connectivity index (χ0v) is 11.4. The fourth-order valence-electron chi connectivity index (χ4n) is 1.88. The first-order valence-corrected chi connectivity index (χ1v) is 7.27. The van der Waals surface area contributed by atoms with Gasteiger partial charge in [0.1, 0.15) is 0 Å². The number of rotatable bonds is 7. The molecule has 16 heavy (non-hydrogen) atoms. The molecule has 1 rings (SSSR count). The highest BCUT2D eigenvalue weighted by molar-refractivity contribution is 7.40. The van der Waals surface area contributed by atoms with Crippen LogP contribution in [-0.2, 0) is 12.8 Å². The highest BCUT2D eigenvalue weighted by Gasteiger charge is 2.01.